The largest absolute Gasteiger partial charge is 0.409 e. The van der Waals surface area contributed by atoms with Crippen LogP contribution >= 0.6 is 0 Å². The number of carbonyl (C=O) groups excluding carboxylic acids is 1. The van der Waals surface area contributed by atoms with Crippen molar-refractivity contribution in [3.05, 3.63) is 24.3 Å². The summed E-state index contributed by atoms with van der Waals surface area (Å²) in [7, 11) is 0. The number of hydrogen-bond acceptors (Lipinski definition) is 5. The fourth-order valence-corrected chi connectivity index (χ4v) is 1.27. The summed E-state index contributed by atoms with van der Waals surface area (Å²) in [5, 5.41) is 11.3. The second kappa shape index (κ2) is 6.41. The summed E-state index contributed by atoms with van der Waals surface area (Å²) >= 11 is 0. The SMILES string of the molecule is CCN(CCC(N)=NO)C(=O)c1cnccn1. The number of nitrogens with two attached hydrogens (primary N) is 1. The Morgan fingerprint density at radius 3 is 2.88 bits per heavy atom. The van der Waals surface area contributed by atoms with Gasteiger partial charge in [-0.25, -0.2) is 4.98 Å². The molecule has 1 aromatic rings. The minimum absolute atomic E-state index is 0.0930. The summed E-state index contributed by atoms with van der Waals surface area (Å²) in [6.07, 6.45) is 4.69. The first-order chi connectivity index (χ1) is 8.19. The number of hydrogen-bond donors (Lipinski definition) is 2. The molecular weight excluding hydrogens is 222 g/mol. The Hall–Kier alpha value is -2.18. The van der Waals surface area contributed by atoms with Crippen molar-refractivity contribution in [3.8, 4) is 0 Å². The molecule has 1 amide bonds. The zero-order valence-corrected chi connectivity index (χ0v) is 9.58. The van der Waals surface area contributed by atoms with Crippen LogP contribution in [0.2, 0.25) is 0 Å². The number of nitrogens with zero attached hydrogens (tertiary/aromatic N) is 4. The molecule has 17 heavy (non-hydrogen) atoms. The van der Waals surface area contributed by atoms with E-state index in [9.17, 15) is 4.79 Å². The van der Waals surface area contributed by atoms with Gasteiger partial charge in [-0.05, 0) is 6.92 Å². The monoisotopic (exact) mass is 237 g/mol. The molecule has 0 unspecified atom stereocenters. The van der Waals surface area contributed by atoms with Crippen LogP contribution in [0, 0.1) is 0 Å². The maximum atomic E-state index is 12.0. The lowest BCUT2D eigenvalue weighted by atomic mass is 10.3. The molecule has 1 heterocycles. The highest BCUT2D eigenvalue weighted by Crippen LogP contribution is 2.01. The molecule has 0 bridgehead atoms. The first-order valence-corrected chi connectivity index (χ1v) is 5.20. The molecule has 0 aromatic carbocycles. The van der Waals surface area contributed by atoms with E-state index in [2.05, 4.69) is 15.1 Å². The predicted octanol–water partition coefficient (Wildman–Crippen LogP) is 0.0752. The number of aromatic nitrogens is 2. The van der Waals surface area contributed by atoms with E-state index < -0.39 is 0 Å². The highest BCUT2D eigenvalue weighted by Gasteiger charge is 2.15. The average Bonchev–Trinajstić information content (AvgIpc) is 2.39. The zero-order valence-electron chi connectivity index (χ0n) is 9.58. The molecule has 0 aliphatic carbocycles. The second-order valence-electron chi connectivity index (χ2n) is 3.32. The summed E-state index contributed by atoms with van der Waals surface area (Å²) in [4.78, 5) is 21.3. The molecule has 0 aliphatic heterocycles. The van der Waals surface area contributed by atoms with E-state index in [4.69, 9.17) is 10.9 Å². The molecule has 0 aliphatic rings. The summed E-state index contributed by atoms with van der Waals surface area (Å²) < 4.78 is 0. The summed E-state index contributed by atoms with van der Waals surface area (Å²) in [6, 6.07) is 0. The van der Waals surface area contributed by atoms with Crippen LogP contribution in [0.4, 0.5) is 0 Å². The van der Waals surface area contributed by atoms with Crippen molar-refractivity contribution in [2.75, 3.05) is 13.1 Å². The predicted molar refractivity (Wildman–Crippen MR) is 61.6 cm³/mol. The molecule has 1 aromatic heterocycles. The van der Waals surface area contributed by atoms with E-state index >= 15 is 0 Å². The third-order valence-corrected chi connectivity index (χ3v) is 2.22. The van der Waals surface area contributed by atoms with Gasteiger partial charge in [0.2, 0.25) is 0 Å². The van der Waals surface area contributed by atoms with Gasteiger partial charge < -0.3 is 15.8 Å². The van der Waals surface area contributed by atoms with Gasteiger partial charge in [0.15, 0.2) is 0 Å². The molecule has 0 atom stereocenters. The molecule has 0 fully saturated rings. The molecule has 92 valence electrons. The van der Waals surface area contributed by atoms with Gasteiger partial charge >= 0.3 is 0 Å². The minimum Gasteiger partial charge on any atom is -0.409 e. The molecule has 1 rings (SSSR count). The number of oxime groups is 1. The van der Waals surface area contributed by atoms with E-state index in [1.807, 2.05) is 6.92 Å². The minimum atomic E-state index is -0.216. The van der Waals surface area contributed by atoms with Crippen LogP contribution < -0.4 is 5.73 Å². The van der Waals surface area contributed by atoms with Crippen molar-refractivity contribution in [2.24, 2.45) is 10.9 Å². The Morgan fingerprint density at radius 1 is 1.59 bits per heavy atom. The Balaban J connectivity index is 2.65. The smallest absolute Gasteiger partial charge is 0.274 e. The second-order valence-corrected chi connectivity index (χ2v) is 3.32. The lowest BCUT2D eigenvalue weighted by Crippen LogP contribution is -2.34. The Morgan fingerprint density at radius 2 is 2.35 bits per heavy atom. The molecular formula is C10H15N5O2. The lowest BCUT2D eigenvalue weighted by molar-refractivity contribution is 0.0762. The topological polar surface area (TPSA) is 105 Å². The average molecular weight is 237 g/mol. The maximum absolute atomic E-state index is 12.0. The Bertz CT molecular complexity index is 393. The fraction of sp³-hybridized carbons (Fsp3) is 0.400. The van der Waals surface area contributed by atoms with Crippen LogP contribution in [0.1, 0.15) is 23.8 Å². The Labute approximate surface area is 99.0 Å². The third-order valence-electron chi connectivity index (χ3n) is 2.22. The molecule has 7 heteroatoms. The van der Waals surface area contributed by atoms with Crippen molar-refractivity contribution in [1.82, 2.24) is 14.9 Å². The molecule has 7 nitrogen and oxygen atoms in total. The molecule has 3 N–H and O–H groups in total. The van der Waals surface area contributed by atoms with E-state index in [0.29, 0.717) is 19.5 Å². The van der Waals surface area contributed by atoms with Crippen LogP contribution in [0.5, 0.6) is 0 Å². The van der Waals surface area contributed by atoms with Crippen LogP contribution in [0.25, 0.3) is 0 Å². The Kier molecular flexibility index (Phi) is 4.86. The van der Waals surface area contributed by atoms with Crippen molar-refractivity contribution in [3.63, 3.8) is 0 Å². The van der Waals surface area contributed by atoms with Gasteiger partial charge in [-0.2, -0.15) is 0 Å². The van der Waals surface area contributed by atoms with Crippen LogP contribution in [-0.4, -0.2) is 44.9 Å². The number of amidine groups is 1. The van der Waals surface area contributed by atoms with Gasteiger partial charge in [-0.15, -0.1) is 0 Å². The fourth-order valence-electron chi connectivity index (χ4n) is 1.27. The van der Waals surface area contributed by atoms with Crippen molar-refractivity contribution in [2.45, 2.75) is 13.3 Å². The van der Waals surface area contributed by atoms with Crippen LogP contribution in [-0.2, 0) is 0 Å². The molecule has 0 radical (unpaired) electrons. The van der Waals surface area contributed by atoms with Gasteiger partial charge in [0.25, 0.3) is 5.91 Å². The molecule has 0 saturated heterocycles. The zero-order chi connectivity index (χ0) is 12.7. The quantitative estimate of drug-likeness (QED) is 0.326. The van der Waals surface area contributed by atoms with Crippen LogP contribution in [0.3, 0.4) is 0 Å². The van der Waals surface area contributed by atoms with Crippen molar-refractivity contribution in [1.29, 1.82) is 0 Å². The number of rotatable bonds is 5. The summed E-state index contributed by atoms with van der Waals surface area (Å²) in [6.45, 7) is 2.75. The van der Waals surface area contributed by atoms with Gasteiger partial charge in [0.1, 0.15) is 11.5 Å². The van der Waals surface area contributed by atoms with Crippen molar-refractivity contribution >= 4 is 11.7 Å². The third kappa shape index (κ3) is 3.71. The normalized spacial score (nSPS) is 11.2. The highest BCUT2D eigenvalue weighted by atomic mass is 16.4. The van der Waals surface area contributed by atoms with Gasteiger partial charge in [-0.1, -0.05) is 5.16 Å². The number of carbonyl (C=O) groups is 1. The summed E-state index contributed by atoms with van der Waals surface area (Å²) in [5.74, 6) is -0.123. The van der Waals surface area contributed by atoms with E-state index in [-0.39, 0.29) is 17.4 Å². The van der Waals surface area contributed by atoms with E-state index in [1.165, 1.54) is 18.6 Å². The standard InChI is InChI=1S/C10H15N5O2/c1-2-15(6-3-9(11)14-17)10(16)8-7-12-4-5-13-8/h4-5,7,17H,2-3,6H2,1H3,(H2,11,14). The molecule has 0 spiro atoms. The number of amides is 1. The first-order valence-electron chi connectivity index (χ1n) is 5.20. The first kappa shape index (κ1) is 12.9. The van der Waals surface area contributed by atoms with E-state index in [1.54, 1.807) is 4.90 Å². The van der Waals surface area contributed by atoms with Gasteiger partial charge in [0.05, 0.1) is 6.20 Å². The van der Waals surface area contributed by atoms with Gasteiger partial charge in [0, 0.05) is 31.9 Å². The summed E-state index contributed by atoms with van der Waals surface area (Å²) in [5.41, 5.74) is 5.63. The van der Waals surface area contributed by atoms with Crippen molar-refractivity contribution < 1.29 is 10.0 Å². The lowest BCUT2D eigenvalue weighted by Gasteiger charge is -2.19. The maximum Gasteiger partial charge on any atom is 0.274 e. The van der Waals surface area contributed by atoms with Crippen LogP contribution in [0.15, 0.2) is 23.7 Å². The molecule has 0 saturated carbocycles. The highest BCUT2D eigenvalue weighted by molar-refractivity contribution is 5.92. The van der Waals surface area contributed by atoms with E-state index in [0.717, 1.165) is 0 Å². The van der Waals surface area contributed by atoms with Gasteiger partial charge in [-0.3, -0.25) is 9.78 Å².